The maximum Gasteiger partial charge on any atom is 0.335 e. The minimum Gasteiger partial charge on any atom is -0.493 e. The van der Waals surface area contributed by atoms with E-state index in [0.29, 0.717) is 27.8 Å². The maximum atomic E-state index is 12.3. The van der Waals surface area contributed by atoms with E-state index < -0.39 is 18.1 Å². The van der Waals surface area contributed by atoms with Crippen LogP contribution in [0.4, 0.5) is 0 Å². The first kappa shape index (κ1) is 19.8. The van der Waals surface area contributed by atoms with E-state index in [4.69, 9.17) is 35.3 Å². The molecule has 7 nitrogen and oxygen atoms in total. The molecule has 0 amide bonds. The molecule has 2 aromatic carbocycles. The van der Waals surface area contributed by atoms with Crippen molar-refractivity contribution in [3.05, 3.63) is 52.5 Å². The first-order chi connectivity index (χ1) is 13.5. The van der Waals surface area contributed by atoms with Gasteiger partial charge in [0.1, 0.15) is 0 Å². The van der Waals surface area contributed by atoms with Crippen molar-refractivity contribution in [2.45, 2.75) is 12.1 Å². The molecule has 148 valence electrons. The fraction of sp³-hybridized carbons (Fsp3) is 0.300. The van der Waals surface area contributed by atoms with E-state index in [-0.39, 0.29) is 5.90 Å². The molecule has 3 rings (SSSR count). The standard InChI is InChI=1S/C20H20ClNO6/c1-24-14-9-12(10-15(25-2)18(14)26-3)19-22-16(20(23)27-4)17(28-19)11-5-7-13(21)8-6-11/h5-10,16-17H,1-4H3/t16-,17-/m0/s1. The fourth-order valence-corrected chi connectivity index (χ4v) is 3.08. The number of aliphatic imine (C=N–C) groups is 1. The number of hydrogen-bond acceptors (Lipinski definition) is 7. The van der Waals surface area contributed by atoms with Crippen LogP contribution in [0.1, 0.15) is 17.2 Å². The molecule has 0 aromatic heterocycles. The Hall–Kier alpha value is -2.93. The lowest BCUT2D eigenvalue weighted by molar-refractivity contribution is -0.143. The van der Waals surface area contributed by atoms with Gasteiger partial charge in [-0.1, -0.05) is 23.7 Å². The van der Waals surface area contributed by atoms with E-state index in [2.05, 4.69) is 4.99 Å². The summed E-state index contributed by atoms with van der Waals surface area (Å²) in [6.45, 7) is 0. The van der Waals surface area contributed by atoms with Crippen LogP contribution in [-0.4, -0.2) is 46.3 Å². The monoisotopic (exact) mass is 405 g/mol. The first-order valence-corrected chi connectivity index (χ1v) is 8.78. The molecule has 2 atom stereocenters. The van der Waals surface area contributed by atoms with Gasteiger partial charge in [-0.05, 0) is 29.8 Å². The summed E-state index contributed by atoms with van der Waals surface area (Å²) in [5, 5.41) is 0.585. The van der Waals surface area contributed by atoms with E-state index in [1.54, 1.807) is 36.4 Å². The van der Waals surface area contributed by atoms with Gasteiger partial charge in [0.2, 0.25) is 11.6 Å². The van der Waals surface area contributed by atoms with Crippen LogP contribution in [0, 0.1) is 0 Å². The lowest BCUT2D eigenvalue weighted by Crippen LogP contribution is -2.25. The van der Waals surface area contributed by atoms with E-state index in [0.717, 1.165) is 5.56 Å². The van der Waals surface area contributed by atoms with Gasteiger partial charge in [-0.15, -0.1) is 0 Å². The van der Waals surface area contributed by atoms with E-state index in [1.807, 2.05) is 0 Å². The number of halogens is 1. The van der Waals surface area contributed by atoms with Gasteiger partial charge in [0.15, 0.2) is 23.6 Å². The van der Waals surface area contributed by atoms with E-state index in [9.17, 15) is 4.79 Å². The van der Waals surface area contributed by atoms with Crippen LogP contribution in [0.15, 0.2) is 41.4 Å². The van der Waals surface area contributed by atoms with Crippen molar-refractivity contribution in [3.8, 4) is 17.2 Å². The minimum absolute atomic E-state index is 0.273. The fourth-order valence-electron chi connectivity index (χ4n) is 2.96. The van der Waals surface area contributed by atoms with Crippen molar-refractivity contribution in [2.24, 2.45) is 4.99 Å². The second-order valence-corrected chi connectivity index (χ2v) is 6.34. The van der Waals surface area contributed by atoms with E-state index >= 15 is 0 Å². The molecule has 28 heavy (non-hydrogen) atoms. The summed E-state index contributed by atoms with van der Waals surface area (Å²) < 4.78 is 27.0. The number of esters is 1. The third kappa shape index (κ3) is 3.71. The predicted octanol–water partition coefficient (Wildman–Crippen LogP) is 3.43. The summed E-state index contributed by atoms with van der Waals surface area (Å²) in [7, 11) is 5.88. The van der Waals surface area contributed by atoms with Gasteiger partial charge >= 0.3 is 5.97 Å². The summed E-state index contributed by atoms with van der Waals surface area (Å²) in [6.07, 6.45) is -0.640. The van der Waals surface area contributed by atoms with Crippen molar-refractivity contribution >= 4 is 23.5 Å². The molecule has 0 fully saturated rings. The number of methoxy groups -OCH3 is 4. The second-order valence-electron chi connectivity index (χ2n) is 5.91. The highest BCUT2D eigenvalue weighted by Crippen LogP contribution is 2.40. The molecule has 1 aliphatic rings. The molecular formula is C20H20ClNO6. The average Bonchev–Trinajstić information content (AvgIpc) is 3.18. The minimum atomic E-state index is -0.847. The van der Waals surface area contributed by atoms with Gasteiger partial charge in [0.05, 0.1) is 28.4 Å². The van der Waals surface area contributed by atoms with E-state index in [1.165, 1.54) is 28.4 Å². The molecular weight excluding hydrogens is 386 g/mol. The van der Waals surface area contributed by atoms with Crippen LogP contribution in [0.5, 0.6) is 17.2 Å². The quantitative estimate of drug-likeness (QED) is 0.685. The largest absolute Gasteiger partial charge is 0.493 e. The first-order valence-electron chi connectivity index (χ1n) is 8.40. The summed E-state index contributed by atoms with van der Waals surface area (Å²) in [5.74, 6) is 1.13. The van der Waals surface area contributed by atoms with Crippen molar-refractivity contribution in [1.82, 2.24) is 0 Å². The van der Waals surface area contributed by atoms with Crippen molar-refractivity contribution in [1.29, 1.82) is 0 Å². The molecule has 0 bridgehead atoms. The van der Waals surface area contributed by atoms with Gasteiger partial charge in [-0.25, -0.2) is 9.79 Å². The molecule has 0 saturated carbocycles. The number of rotatable bonds is 6. The highest BCUT2D eigenvalue weighted by Gasteiger charge is 2.39. The van der Waals surface area contributed by atoms with Crippen LogP contribution in [-0.2, 0) is 14.3 Å². The smallest absolute Gasteiger partial charge is 0.335 e. The molecule has 2 aromatic rings. The molecule has 1 heterocycles. The Morgan fingerprint density at radius 3 is 2.11 bits per heavy atom. The number of ether oxygens (including phenoxy) is 5. The average molecular weight is 406 g/mol. The van der Waals surface area contributed by atoms with Crippen molar-refractivity contribution in [3.63, 3.8) is 0 Å². The van der Waals surface area contributed by atoms with Crippen molar-refractivity contribution in [2.75, 3.05) is 28.4 Å². The lowest BCUT2D eigenvalue weighted by Gasteiger charge is -2.17. The van der Waals surface area contributed by atoms with Gasteiger partial charge in [0, 0.05) is 10.6 Å². The molecule has 1 aliphatic heterocycles. The number of nitrogens with zero attached hydrogens (tertiary/aromatic N) is 1. The Kier molecular flexibility index (Phi) is 5.94. The molecule has 0 radical (unpaired) electrons. The number of carbonyl (C=O) groups excluding carboxylic acids is 1. The molecule has 0 saturated heterocycles. The Morgan fingerprint density at radius 1 is 1.00 bits per heavy atom. The number of carbonyl (C=O) groups is 1. The zero-order valence-corrected chi connectivity index (χ0v) is 16.6. The SMILES string of the molecule is COC(=O)[C@H]1N=C(c2cc(OC)c(OC)c(OC)c2)O[C@H]1c1ccc(Cl)cc1. The van der Waals surface area contributed by atoms with Crippen LogP contribution < -0.4 is 14.2 Å². The van der Waals surface area contributed by atoms with Gasteiger partial charge in [-0.2, -0.15) is 0 Å². The maximum absolute atomic E-state index is 12.3. The molecule has 0 N–H and O–H groups in total. The topological polar surface area (TPSA) is 75.6 Å². The Bertz CT molecular complexity index is 871. The number of hydrogen-bond donors (Lipinski definition) is 0. The molecule has 0 spiro atoms. The van der Waals surface area contributed by atoms with Crippen LogP contribution >= 0.6 is 11.6 Å². The van der Waals surface area contributed by atoms with Gasteiger partial charge < -0.3 is 23.7 Å². The zero-order chi connectivity index (χ0) is 20.3. The summed E-state index contributed by atoms with van der Waals surface area (Å²) >= 11 is 5.96. The van der Waals surface area contributed by atoms with Crippen LogP contribution in [0.25, 0.3) is 0 Å². The second kappa shape index (κ2) is 8.39. The van der Waals surface area contributed by atoms with Gasteiger partial charge in [0.25, 0.3) is 0 Å². The number of benzene rings is 2. The Morgan fingerprint density at radius 2 is 1.61 bits per heavy atom. The summed E-state index contributed by atoms with van der Waals surface area (Å²) in [6, 6.07) is 9.60. The lowest BCUT2D eigenvalue weighted by atomic mass is 10.0. The molecule has 0 unspecified atom stereocenters. The Balaban J connectivity index is 2.02. The van der Waals surface area contributed by atoms with Crippen LogP contribution in [0.3, 0.4) is 0 Å². The normalized spacial score (nSPS) is 18.1. The third-order valence-corrected chi connectivity index (χ3v) is 4.59. The summed E-state index contributed by atoms with van der Waals surface area (Å²) in [5.41, 5.74) is 1.34. The van der Waals surface area contributed by atoms with Gasteiger partial charge in [-0.3, -0.25) is 0 Å². The summed E-state index contributed by atoms with van der Waals surface area (Å²) in [4.78, 5) is 16.7. The molecule has 8 heteroatoms. The van der Waals surface area contributed by atoms with Crippen molar-refractivity contribution < 1.29 is 28.5 Å². The highest BCUT2D eigenvalue weighted by molar-refractivity contribution is 6.30. The highest BCUT2D eigenvalue weighted by atomic mass is 35.5. The molecule has 0 aliphatic carbocycles. The zero-order valence-electron chi connectivity index (χ0n) is 15.9. The predicted molar refractivity (Wildman–Crippen MR) is 104 cm³/mol. The Labute approximate surface area is 167 Å². The third-order valence-electron chi connectivity index (χ3n) is 4.33. The van der Waals surface area contributed by atoms with Crippen LogP contribution in [0.2, 0.25) is 5.02 Å².